The summed E-state index contributed by atoms with van der Waals surface area (Å²) in [5.41, 5.74) is 0.795. The van der Waals surface area contributed by atoms with E-state index in [1.165, 1.54) is 18.3 Å². The molecule has 3 aromatic rings. The molecule has 2 heterocycles. The largest absolute Gasteiger partial charge is 0.487 e. The van der Waals surface area contributed by atoms with Crippen molar-refractivity contribution in [2.24, 2.45) is 5.16 Å². The third-order valence-corrected chi connectivity index (χ3v) is 4.88. The van der Waals surface area contributed by atoms with Crippen molar-refractivity contribution < 1.29 is 28.9 Å². The minimum atomic E-state index is -1.05. The number of benzene rings is 2. The molecule has 0 saturated carbocycles. The predicted molar refractivity (Wildman–Crippen MR) is 121 cm³/mol. The zero-order valence-corrected chi connectivity index (χ0v) is 17.9. The van der Waals surface area contributed by atoms with E-state index in [0.29, 0.717) is 35.3 Å². The number of para-hydroxylation sites is 1. The molecule has 0 bridgehead atoms. The van der Waals surface area contributed by atoms with Crippen LogP contribution >= 0.6 is 0 Å². The Kier molecular flexibility index (Phi) is 7.50. The molecule has 0 radical (unpaired) electrons. The summed E-state index contributed by atoms with van der Waals surface area (Å²) in [5.74, 6) is 0.836. The molecule has 0 amide bonds. The van der Waals surface area contributed by atoms with Gasteiger partial charge in [-0.2, -0.15) is 0 Å². The number of hydrogen-bond acceptors (Lipinski definition) is 7. The van der Waals surface area contributed by atoms with Gasteiger partial charge in [-0.15, -0.1) is 0 Å². The number of hydrogen-bond donors (Lipinski definition) is 1. The molecule has 0 spiro atoms. The summed E-state index contributed by atoms with van der Waals surface area (Å²) in [6.07, 6.45) is 3.69. The summed E-state index contributed by atoms with van der Waals surface area (Å²) in [6, 6.07) is 19.5. The Bertz CT molecular complexity index is 1100. The van der Waals surface area contributed by atoms with Gasteiger partial charge in [0.25, 0.3) is 0 Å². The number of oxime groups is 1. The first-order valence-corrected chi connectivity index (χ1v) is 10.7. The number of carboxylic acids is 1. The molecule has 1 aliphatic rings. The minimum absolute atomic E-state index is 0.0115. The second-order valence-electron chi connectivity index (χ2n) is 7.35. The van der Waals surface area contributed by atoms with E-state index in [4.69, 9.17) is 19.0 Å². The van der Waals surface area contributed by atoms with Crippen molar-refractivity contribution in [3.05, 3.63) is 84.2 Å². The lowest BCUT2D eigenvalue weighted by atomic mass is 10.2. The van der Waals surface area contributed by atoms with Crippen LogP contribution in [0.5, 0.6) is 17.2 Å². The van der Waals surface area contributed by atoms with Gasteiger partial charge in [0, 0.05) is 18.7 Å². The Morgan fingerprint density at radius 1 is 1.03 bits per heavy atom. The van der Waals surface area contributed by atoms with Gasteiger partial charge in [0.1, 0.15) is 29.6 Å². The maximum Gasteiger partial charge on any atom is 0.335 e. The van der Waals surface area contributed by atoms with Crippen LogP contribution in [0.3, 0.4) is 0 Å². The Morgan fingerprint density at radius 3 is 2.64 bits per heavy atom. The van der Waals surface area contributed by atoms with E-state index in [0.717, 1.165) is 19.3 Å². The van der Waals surface area contributed by atoms with Gasteiger partial charge in [-0.1, -0.05) is 29.4 Å². The summed E-state index contributed by atoms with van der Waals surface area (Å²) in [4.78, 5) is 21.2. The van der Waals surface area contributed by atoms with Gasteiger partial charge in [-0.25, -0.2) is 4.79 Å². The van der Waals surface area contributed by atoms with Crippen LogP contribution in [0, 0.1) is 0 Å². The van der Waals surface area contributed by atoms with E-state index in [1.54, 1.807) is 12.1 Å². The maximum atomic E-state index is 11.4. The third kappa shape index (κ3) is 6.54. The molecule has 1 saturated heterocycles. The molecule has 2 aromatic carbocycles. The first-order chi connectivity index (χ1) is 16.2. The Morgan fingerprint density at radius 2 is 1.85 bits per heavy atom. The van der Waals surface area contributed by atoms with E-state index < -0.39 is 12.3 Å². The summed E-state index contributed by atoms with van der Waals surface area (Å²) >= 11 is 0. The van der Waals surface area contributed by atoms with Crippen molar-refractivity contribution >= 4 is 11.7 Å². The van der Waals surface area contributed by atoms with E-state index in [1.807, 2.05) is 42.5 Å². The average Bonchev–Trinajstić information content (AvgIpc) is 2.86. The van der Waals surface area contributed by atoms with Crippen molar-refractivity contribution in [3.8, 4) is 17.2 Å². The first kappa shape index (κ1) is 22.3. The van der Waals surface area contributed by atoms with Gasteiger partial charge in [0.2, 0.25) is 6.29 Å². The summed E-state index contributed by atoms with van der Waals surface area (Å²) in [6.45, 7) is 0.630. The van der Waals surface area contributed by atoms with E-state index in [9.17, 15) is 9.90 Å². The Balaban J connectivity index is 1.49. The van der Waals surface area contributed by atoms with Crippen LogP contribution in [0.25, 0.3) is 0 Å². The van der Waals surface area contributed by atoms with Crippen molar-refractivity contribution in [2.75, 3.05) is 13.2 Å². The molecule has 33 heavy (non-hydrogen) atoms. The number of rotatable bonds is 9. The molecule has 1 atom stereocenters. The summed E-state index contributed by atoms with van der Waals surface area (Å²) < 4.78 is 17.3. The number of ether oxygens (including phenoxy) is 3. The fourth-order valence-corrected chi connectivity index (χ4v) is 3.19. The minimum Gasteiger partial charge on any atom is -0.487 e. The van der Waals surface area contributed by atoms with Gasteiger partial charge in [-0.05, 0) is 49.2 Å². The molecule has 1 aromatic heterocycles. The van der Waals surface area contributed by atoms with E-state index >= 15 is 0 Å². The molecule has 4 rings (SSSR count). The zero-order chi connectivity index (χ0) is 22.9. The lowest BCUT2D eigenvalue weighted by Gasteiger charge is -2.20. The number of pyridine rings is 1. The number of carboxylic acid groups (broad SMARTS) is 1. The summed E-state index contributed by atoms with van der Waals surface area (Å²) in [5, 5.41) is 13.5. The van der Waals surface area contributed by atoms with Crippen LogP contribution in [-0.2, 0) is 9.57 Å². The molecular formula is C25H24N2O6. The zero-order valence-electron chi connectivity index (χ0n) is 17.9. The van der Waals surface area contributed by atoms with E-state index in [-0.39, 0.29) is 12.2 Å². The number of nitrogens with zero attached hydrogens (tertiary/aromatic N) is 2. The highest BCUT2D eigenvalue weighted by molar-refractivity contribution is 6.01. The average molecular weight is 448 g/mol. The molecule has 8 heteroatoms. The van der Waals surface area contributed by atoms with Gasteiger partial charge >= 0.3 is 5.97 Å². The van der Waals surface area contributed by atoms with Gasteiger partial charge in [-0.3, -0.25) is 4.98 Å². The highest BCUT2D eigenvalue weighted by Crippen LogP contribution is 2.25. The monoisotopic (exact) mass is 448 g/mol. The van der Waals surface area contributed by atoms with Crippen LogP contribution in [-0.4, -0.2) is 41.3 Å². The molecule has 0 aliphatic carbocycles. The molecule has 1 unspecified atom stereocenters. The van der Waals surface area contributed by atoms with Gasteiger partial charge < -0.3 is 24.2 Å². The number of carbonyl (C=O) groups is 1. The lowest BCUT2D eigenvalue weighted by molar-refractivity contribution is -0.162. The summed E-state index contributed by atoms with van der Waals surface area (Å²) in [7, 11) is 0. The molecule has 1 N–H and O–H groups in total. The molecular weight excluding hydrogens is 424 g/mol. The van der Waals surface area contributed by atoms with Crippen LogP contribution in [0.4, 0.5) is 0 Å². The smallest absolute Gasteiger partial charge is 0.335 e. The van der Waals surface area contributed by atoms with Crippen molar-refractivity contribution in [1.29, 1.82) is 0 Å². The third-order valence-electron chi connectivity index (χ3n) is 4.88. The fraction of sp³-hybridized carbons (Fsp3) is 0.240. The molecule has 8 nitrogen and oxygen atoms in total. The van der Waals surface area contributed by atoms with Crippen molar-refractivity contribution in [2.45, 2.75) is 25.6 Å². The van der Waals surface area contributed by atoms with Crippen LogP contribution in [0.1, 0.15) is 35.3 Å². The van der Waals surface area contributed by atoms with Crippen molar-refractivity contribution in [3.63, 3.8) is 0 Å². The van der Waals surface area contributed by atoms with Gasteiger partial charge in [0.05, 0.1) is 17.9 Å². The Hall–Kier alpha value is -3.91. The standard InChI is InChI=1S/C25H24N2O6/c28-25(29)18-12-13-26-22(15-18)23(27-33-24-11-4-5-14-30-24)17-31-20-9-6-10-21(16-20)32-19-7-2-1-3-8-19/h1-3,6-10,12-13,15-16,24H,4-5,11,14,17H2,(H,28,29)/b27-23+. The highest BCUT2D eigenvalue weighted by Gasteiger charge is 2.17. The first-order valence-electron chi connectivity index (χ1n) is 10.7. The highest BCUT2D eigenvalue weighted by atomic mass is 16.8. The van der Waals surface area contributed by atoms with Crippen LogP contribution in [0.15, 0.2) is 78.1 Å². The lowest BCUT2D eigenvalue weighted by Crippen LogP contribution is -2.22. The van der Waals surface area contributed by atoms with Crippen LogP contribution < -0.4 is 9.47 Å². The fourth-order valence-electron chi connectivity index (χ4n) is 3.19. The SMILES string of the molecule is O=C(O)c1ccnc(/C(COc2cccc(Oc3ccccc3)c2)=N/OC2CCCCO2)c1. The second-order valence-corrected chi connectivity index (χ2v) is 7.35. The van der Waals surface area contributed by atoms with Crippen LogP contribution in [0.2, 0.25) is 0 Å². The van der Waals surface area contributed by atoms with Gasteiger partial charge in [0.15, 0.2) is 0 Å². The quantitative estimate of drug-likeness (QED) is 0.367. The molecule has 1 fully saturated rings. The molecule has 170 valence electrons. The number of aromatic nitrogens is 1. The number of aromatic carboxylic acids is 1. The Labute approximate surface area is 191 Å². The van der Waals surface area contributed by atoms with Crippen molar-refractivity contribution in [1.82, 2.24) is 4.98 Å². The van der Waals surface area contributed by atoms with E-state index in [2.05, 4.69) is 10.1 Å². The second kappa shape index (κ2) is 11.1. The maximum absolute atomic E-state index is 11.4. The molecule has 1 aliphatic heterocycles. The topological polar surface area (TPSA) is 99.5 Å². The normalized spacial score (nSPS) is 16.1. The predicted octanol–water partition coefficient (Wildman–Crippen LogP) is 4.90.